The van der Waals surface area contributed by atoms with E-state index < -0.39 is 0 Å². The minimum Gasteiger partial charge on any atom is -0.338 e. The number of hydrogen-bond donors (Lipinski definition) is 1. The van der Waals surface area contributed by atoms with Crippen molar-refractivity contribution in [2.24, 2.45) is 5.92 Å². The molecule has 0 radical (unpaired) electrons. The maximum absolute atomic E-state index is 11.5. The highest BCUT2D eigenvalue weighted by atomic mass is 35.5. The molecule has 1 aromatic rings. The van der Waals surface area contributed by atoms with Gasteiger partial charge in [-0.2, -0.15) is 5.10 Å². The number of alkyl halides is 1. The van der Waals surface area contributed by atoms with Crippen molar-refractivity contribution >= 4 is 17.5 Å². The Balaban J connectivity index is 1.96. The highest BCUT2D eigenvalue weighted by Gasteiger charge is 2.28. The molecular weight excluding hydrogens is 202 g/mol. The average molecular weight is 214 g/mol. The molecule has 1 unspecified atom stereocenters. The van der Waals surface area contributed by atoms with E-state index in [1.54, 1.807) is 12.4 Å². The minimum absolute atomic E-state index is 0.192. The zero-order chi connectivity index (χ0) is 9.97. The van der Waals surface area contributed by atoms with Gasteiger partial charge in [-0.1, -0.05) is 0 Å². The van der Waals surface area contributed by atoms with Crippen molar-refractivity contribution in [2.75, 3.05) is 12.4 Å². The van der Waals surface area contributed by atoms with Crippen LogP contribution >= 0.6 is 11.6 Å². The summed E-state index contributed by atoms with van der Waals surface area (Å²) < 4.78 is 0. The number of nitrogens with zero attached hydrogens (tertiary/aromatic N) is 2. The molecule has 1 aliphatic rings. The third kappa shape index (κ3) is 1.90. The SMILES string of the molecule is O=C1CC(CCl)CN1Cc1cn[nH]c1. The van der Waals surface area contributed by atoms with E-state index in [4.69, 9.17) is 11.6 Å². The van der Waals surface area contributed by atoms with Gasteiger partial charge in [0.15, 0.2) is 0 Å². The van der Waals surface area contributed by atoms with Gasteiger partial charge in [-0.25, -0.2) is 0 Å². The summed E-state index contributed by atoms with van der Waals surface area (Å²) in [5, 5.41) is 6.57. The third-order valence-corrected chi connectivity index (χ3v) is 2.88. The van der Waals surface area contributed by atoms with Crippen LogP contribution in [0.4, 0.5) is 0 Å². The van der Waals surface area contributed by atoms with Gasteiger partial charge in [-0.05, 0) is 5.92 Å². The Labute approximate surface area is 87.2 Å². The molecule has 1 saturated heterocycles. The number of H-pyrrole nitrogens is 1. The van der Waals surface area contributed by atoms with Crippen LogP contribution in [0.5, 0.6) is 0 Å². The molecule has 2 heterocycles. The van der Waals surface area contributed by atoms with Gasteiger partial charge in [0.2, 0.25) is 5.91 Å². The van der Waals surface area contributed by atoms with E-state index in [9.17, 15) is 4.79 Å². The van der Waals surface area contributed by atoms with Gasteiger partial charge >= 0.3 is 0 Å². The fourth-order valence-electron chi connectivity index (χ4n) is 1.69. The van der Waals surface area contributed by atoms with Gasteiger partial charge in [-0.3, -0.25) is 9.89 Å². The monoisotopic (exact) mass is 213 g/mol. The molecule has 76 valence electrons. The Morgan fingerprint density at radius 1 is 1.71 bits per heavy atom. The van der Waals surface area contributed by atoms with Crippen LogP contribution in [0.1, 0.15) is 12.0 Å². The summed E-state index contributed by atoms with van der Waals surface area (Å²) in [6.07, 6.45) is 4.13. The number of aromatic nitrogens is 2. The number of likely N-dealkylation sites (tertiary alicyclic amines) is 1. The van der Waals surface area contributed by atoms with Crippen LogP contribution in [-0.2, 0) is 11.3 Å². The quantitative estimate of drug-likeness (QED) is 0.762. The van der Waals surface area contributed by atoms with Gasteiger partial charge in [0.05, 0.1) is 6.20 Å². The van der Waals surface area contributed by atoms with Crippen molar-refractivity contribution in [3.05, 3.63) is 18.0 Å². The molecule has 0 aromatic carbocycles. The molecular formula is C9H12ClN3O. The van der Waals surface area contributed by atoms with Crippen molar-refractivity contribution < 1.29 is 4.79 Å². The zero-order valence-electron chi connectivity index (χ0n) is 7.74. The summed E-state index contributed by atoms with van der Waals surface area (Å²) in [6.45, 7) is 1.41. The lowest BCUT2D eigenvalue weighted by atomic mass is 10.1. The first-order chi connectivity index (χ1) is 6.79. The molecule has 0 bridgehead atoms. The molecule has 2 rings (SSSR count). The molecule has 1 amide bonds. The summed E-state index contributed by atoms with van der Waals surface area (Å²) in [7, 11) is 0. The van der Waals surface area contributed by atoms with Crippen LogP contribution in [0.25, 0.3) is 0 Å². The minimum atomic E-state index is 0.192. The number of carbonyl (C=O) groups is 1. The van der Waals surface area contributed by atoms with E-state index in [1.807, 2.05) is 4.90 Å². The Morgan fingerprint density at radius 2 is 2.57 bits per heavy atom. The number of nitrogens with one attached hydrogen (secondary N) is 1. The standard InChI is InChI=1S/C9H12ClN3O/c10-2-7-1-9(14)13(5-7)6-8-3-11-12-4-8/h3-4,7H,1-2,5-6H2,(H,11,12). The second kappa shape index (κ2) is 4.00. The molecule has 5 heteroatoms. The molecule has 4 nitrogen and oxygen atoms in total. The van der Waals surface area contributed by atoms with Crippen molar-refractivity contribution in [1.82, 2.24) is 15.1 Å². The Morgan fingerprint density at radius 3 is 3.14 bits per heavy atom. The number of rotatable bonds is 3. The second-order valence-corrected chi connectivity index (χ2v) is 3.91. The van der Waals surface area contributed by atoms with Gasteiger partial charge in [0.1, 0.15) is 0 Å². The summed E-state index contributed by atoms with van der Waals surface area (Å²) >= 11 is 5.72. The van der Waals surface area contributed by atoms with E-state index in [0.717, 1.165) is 12.1 Å². The van der Waals surface area contributed by atoms with Crippen LogP contribution in [0.3, 0.4) is 0 Å². The fraction of sp³-hybridized carbons (Fsp3) is 0.556. The van der Waals surface area contributed by atoms with E-state index in [-0.39, 0.29) is 5.91 Å². The van der Waals surface area contributed by atoms with Crippen LogP contribution < -0.4 is 0 Å². The summed E-state index contributed by atoms with van der Waals surface area (Å²) in [5.74, 6) is 1.07. The average Bonchev–Trinajstić information content (AvgIpc) is 2.78. The summed E-state index contributed by atoms with van der Waals surface area (Å²) in [6, 6.07) is 0. The zero-order valence-corrected chi connectivity index (χ0v) is 8.50. The lowest BCUT2D eigenvalue weighted by Crippen LogP contribution is -2.24. The number of amides is 1. The van der Waals surface area contributed by atoms with Crippen LogP contribution in [-0.4, -0.2) is 33.4 Å². The third-order valence-electron chi connectivity index (χ3n) is 2.44. The van der Waals surface area contributed by atoms with E-state index in [0.29, 0.717) is 24.8 Å². The predicted molar refractivity (Wildman–Crippen MR) is 52.8 cm³/mol. The van der Waals surface area contributed by atoms with Gasteiger partial charge in [0, 0.05) is 37.2 Å². The topological polar surface area (TPSA) is 49.0 Å². The van der Waals surface area contributed by atoms with Crippen molar-refractivity contribution in [1.29, 1.82) is 0 Å². The van der Waals surface area contributed by atoms with Crippen LogP contribution in [0.15, 0.2) is 12.4 Å². The lowest BCUT2D eigenvalue weighted by Gasteiger charge is -2.14. The fourth-order valence-corrected chi connectivity index (χ4v) is 1.90. The van der Waals surface area contributed by atoms with Crippen LogP contribution in [0, 0.1) is 5.92 Å². The van der Waals surface area contributed by atoms with Crippen molar-refractivity contribution in [2.45, 2.75) is 13.0 Å². The molecule has 14 heavy (non-hydrogen) atoms. The number of hydrogen-bond acceptors (Lipinski definition) is 2. The van der Waals surface area contributed by atoms with Gasteiger partial charge in [0.25, 0.3) is 0 Å². The summed E-state index contributed by atoms with van der Waals surface area (Å²) in [4.78, 5) is 13.3. The lowest BCUT2D eigenvalue weighted by molar-refractivity contribution is -0.128. The molecule has 0 saturated carbocycles. The van der Waals surface area contributed by atoms with Crippen molar-refractivity contribution in [3.8, 4) is 0 Å². The number of carbonyl (C=O) groups excluding carboxylic acids is 1. The van der Waals surface area contributed by atoms with Gasteiger partial charge < -0.3 is 4.90 Å². The predicted octanol–water partition coefficient (Wildman–Crippen LogP) is 0.997. The number of halogens is 1. The molecule has 1 aromatic heterocycles. The first-order valence-electron chi connectivity index (χ1n) is 4.61. The molecule has 0 aliphatic carbocycles. The maximum atomic E-state index is 11.5. The van der Waals surface area contributed by atoms with Crippen LogP contribution in [0.2, 0.25) is 0 Å². The van der Waals surface area contributed by atoms with E-state index in [1.165, 1.54) is 0 Å². The second-order valence-electron chi connectivity index (χ2n) is 3.61. The van der Waals surface area contributed by atoms with Gasteiger partial charge in [-0.15, -0.1) is 11.6 Å². The molecule has 1 N–H and O–H groups in total. The first kappa shape index (κ1) is 9.52. The smallest absolute Gasteiger partial charge is 0.223 e. The normalized spacial score (nSPS) is 21.9. The summed E-state index contributed by atoms with van der Waals surface area (Å²) in [5.41, 5.74) is 1.04. The van der Waals surface area contributed by atoms with E-state index >= 15 is 0 Å². The largest absolute Gasteiger partial charge is 0.338 e. The van der Waals surface area contributed by atoms with Crippen molar-refractivity contribution in [3.63, 3.8) is 0 Å². The molecule has 1 aliphatic heterocycles. The Bertz CT molecular complexity index is 312. The van der Waals surface area contributed by atoms with E-state index in [2.05, 4.69) is 10.2 Å². The highest BCUT2D eigenvalue weighted by molar-refractivity contribution is 6.18. The molecule has 0 spiro atoms. The highest BCUT2D eigenvalue weighted by Crippen LogP contribution is 2.20. The molecule has 1 atom stereocenters. The Kier molecular flexibility index (Phi) is 2.72. The number of aromatic amines is 1. The molecule has 1 fully saturated rings. The maximum Gasteiger partial charge on any atom is 0.223 e. The Hall–Kier alpha value is -1.03. The first-order valence-corrected chi connectivity index (χ1v) is 5.14.